The summed E-state index contributed by atoms with van der Waals surface area (Å²) in [7, 11) is -4.01. The van der Waals surface area contributed by atoms with Crippen LogP contribution in [0.1, 0.15) is 45.1 Å². The number of amides is 2. The van der Waals surface area contributed by atoms with Crippen molar-refractivity contribution in [2.75, 3.05) is 25.5 Å². The summed E-state index contributed by atoms with van der Waals surface area (Å²) in [6.07, 6.45) is 0.304. The molecule has 0 saturated carbocycles. The number of guanidine groups is 1. The van der Waals surface area contributed by atoms with E-state index < -0.39 is 59.0 Å². The maximum atomic E-state index is 13.0. The number of rotatable bonds is 14. The molecule has 14 nitrogen and oxygen atoms in total. The molecule has 1 saturated heterocycles. The number of ether oxygens (including phenoxy) is 2. The van der Waals surface area contributed by atoms with Gasteiger partial charge in [-0.25, -0.2) is 13.2 Å². The van der Waals surface area contributed by atoms with Crippen LogP contribution in [0.15, 0.2) is 30.3 Å². The van der Waals surface area contributed by atoms with Gasteiger partial charge in [-0.05, 0) is 38.2 Å². The Kier molecular flexibility index (Phi) is 13.1. The summed E-state index contributed by atoms with van der Waals surface area (Å²) in [5, 5.41) is 23.0. The van der Waals surface area contributed by atoms with Crippen LogP contribution in [0, 0.1) is 5.41 Å². The average molecular weight is 585 g/mol. The minimum atomic E-state index is -4.01. The van der Waals surface area contributed by atoms with Crippen LogP contribution in [0.5, 0.6) is 0 Å². The van der Waals surface area contributed by atoms with Gasteiger partial charge in [0.1, 0.15) is 24.9 Å². The van der Waals surface area contributed by atoms with Gasteiger partial charge in [0.25, 0.3) is 0 Å². The fourth-order valence-corrected chi connectivity index (χ4v) is 5.14. The Labute approximate surface area is 234 Å². The number of aliphatic hydroxyl groups is 1. The summed E-state index contributed by atoms with van der Waals surface area (Å²) in [5.41, 5.74) is 6.26. The standard InChI is InChI=1S/C25H40N6O8S/c1-3-4-14-38-25(35)39-16-20(30-40(36,37)15-12-18-9-6-5-7-10-18)22(33)28-17(2)21(32)29-19-11-8-13-31(23(19)34)24(26)27/h5-7,9-10,17,19-20,23,30,34H,3-4,8,11-16H2,1-2H3,(H3,26,27)(H,28,33)(H,29,32)/t17-,19-,20+,23?/m0/s1. The number of nitrogens with one attached hydrogen (secondary N) is 4. The van der Waals surface area contributed by atoms with E-state index in [0.717, 1.165) is 12.0 Å². The number of carbonyl (C=O) groups excluding carboxylic acids is 3. The number of carbonyl (C=O) groups is 3. The fraction of sp³-hybridized carbons (Fsp3) is 0.600. The molecule has 7 N–H and O–H groups in total. The molecule has 0 radical (unpaired) electrons. The number of aryl methyl sites for hydroxylation is 1. The Bertz CT molecular complexity index is 1100. The molecule has 1 fully saturated rings. The monoisotopic (exact) mass is 584 g/mol. The number of aliphatic hydroxyl groups excluding tert-OH is 1. The number of likely N-dealkylation sites (tertiary alicyclic amines) is 1. The van der Waals surface area contributed by atoms with E-state index in [2.05, 4.69) is 15.4 Å². The van der Waals surface area contributed by atoms with Gasteiger partial charge in [-0.15, -0.1) is 0 Å². The molecule has 0 aliphatic carbocycles. The Morgan fingerprint density at radius 1 is 1.20 bits per heavy atom. The third-order valence-corrected chi connectivity index (χ3v) is 7.59. The minimum Gasteiger partial charge on any atom is -0.434 e. The lowest BCUT2D eigenvalue weighted by atomic mass is 10.0. The Balaban J connectivity index is 2.03. The maximum absolute atomic E-state index is 13.0. The molecule has 1 unspecified atom stereocenters. The molecule has 1 heterocycles. The van der Waals surface area contributed by atoms with Crippen LogP contribution < -0.4 is 21.1 Å². The second-order valence-corrected chi connectivity index (χ2v) is 11.3. The first kappa shape index (κ1) is 32.8. The van der Waals surface area contributed by atoms with Crippen LogP contribution in [0.4, 0.5) is 4.79 Å². The quantitative estimate of drug-likeness (QED) is 0.0731. The van der Waals surface area contributed by atoms with Crippen molar-refractivity contribution in [1.82, 2.24) is 20.3 Å². The Morgan fingerprint density at radius 3 is 2.55 bits per heavy atom. The van der Waals surface area contributed by atoms with E-state index in [1.165, 1.54) is 11.8 Å². The van der Waals surface area contributed by atoms with Crippen molar-refractivity contribution in [3.63, 3.8) is 0 Å². The third kappa shape index (κ3) is 11.0. The van der Waals surface area contributed by atoms with Crippen molar-refractivity contribution < 1.29 is 37.4 Å². The van der Waals surface area contributed by atoms with E-state index in [9.17, 15) is 27.9 Å². The van der Waals surface area contributed by atoms with Gasteiger partial charge < -0.3 is 35.8 Å². The average Bonchev–Trinajstić information content (AvgIpc) is 2.91. The van der Waals surface area contributed by atoms with Crippen molar-refractivity contribution in [3.8, 4) is 0 Å². The number of hydrogen-bond donors (Lipinski definition) is 6. The summed E-state index contributed by atoms with van der Waals surface area (Å²) >= 11 is 0. The second-order valence-electron chi connectivity index (χ2n) is 9.47. The topological polar surface area (TPSA) is 213 Å². The van der Waals surface area contributed by atoms with E-state index >= 15 is 0 Å². The second kappa shape index (κ2) is 16.0. The normalized spacial score (nSPS) is 18.7. The molecule has 0 spiro atoms. The predicted octanol–water partition coefficient (Wildman–Crippen LogP) is -0.232. The number of nitrogens with zero attached hydrogens (tertiary/aromatic N) is 1. The number of hydrogen-bond acceptors (Lipinski definition) is 9. The molecule has 15 heteroatoms. The summed E-state index contributed by atoms with van der Waals surface area (Å²) in [6, 6.07) is 5.49. The van der Waals surface area contributed by atoms with Crippen molar-refractivity contribution in [3.05, 3.63) is 35.9 Å². The van der Waals surface area contributed by atoms with Crippen LogP contribution in [0.3, 0.4) is 0 Å². The highest BCUT2D eigenvalue weighted by molar-refractivity contribution is 7.89. The van der Waals surface area contributed by atoms with Gasteiger partial charge in [-0.3, -0.25) is 15.0 Å². The van der Waals surface area contributed by atoms with Crippen LogP contribution in [0.25, 0.3) is 0 Å². The van der Waals surface area contributed by atoms with Crippen molar-refractivity contribution >= 4 is 34.0 Å². The lowest BCUT2D eigenvalue weighted by Gasteiger charge is -2.38. The van der Waals surface area contributed by atoms with Gasteiger partial charge in [-0.2, -0.15) is 4.72 Å². The van der Waals surface area contributed by atoms with Gasteiger partial charge in [0.2, 0.25) is 21.8 Å². The van der Waals surface area contributed by atoms with E-state index in [1.807, 2.05) is 6.92 Å². The molecule has 224 valence electrons. The summed E-state index contributed by atoms with van der Waals surface area (Å²) in [4.78, 5) is 38.9. The maximum Gasteiger partial charge on any atom is 0.508 e. The fourth-order valence-electron chi connectivity index (χ4n) is 3.91. The lowest BCUT2D eigenvalue weighted by molar-refractivity contribution is -0.131. The molecule has 4 atom stereocenters. The zero-order chi connectivity index (χ0) is 29.7. The van der Waals surface area contributed by atoms with E-state index in [4.69, 9.17) is 20.6 Å². The van der Waals surface area contributed by atoms with Gasteiger partial charge in [0, 0.05) is 6.54 Å². The van der Waals surface area contributed by atoms with Crippen LogP contribution in [-0.4, -0.2) is 92.2 Å². The summed E-state index contributed by atoms with van der Waals surface area (Å²) in [5.74, 6) is -2.21. The Morgan fingerprint density at radius 2 is 1.90 bits per heavy atom. The molecular weight excluding hydrogens is 544 g/mol. The van der Waals surface area contributed by atoms with Crippen LogP contribution in [-0.2, 0) is 35.5 Å². The molecule has 1 aromatic carbocycles. The van der Waals surface area contributed by atoms with Gasteiger partial charge in [0.15, 0.2) is 5.96 Å². The number of piperidine rings is 1. The highest BCUT2D eigenvalue weighted by Gasteiger charge is 2.34. The first-order valence-corrected chi connectivity index (χ1v) is 14.8. The molecule has 1 aromatic rings. The molecular formula is C25H40N6O8S. The molecule has 1 aliphatic rings. The molecule has 1 aliphatic heterocycles. The zero-order valence-electron chi connectivity index (χ0n) is 22.8. The molecule has 40 heavy (non-hydrogen) atoms. The largest absolute Gasteiger partial charge is 0.508 e. The van der Waals surface area contributed by atoms with E-state index in [0.29, 0.717) is 25.8 Å². The third-order valence-electron chi connectivity index (χ3n) is 6.21. The first-order chi connectivity index (χ1) is 18.9. The molecule has 2 amide bonds. The number of nitrogens with two attached hydrogens (primary N) is 1. The highest BCUT2D eigenvalue weighted by Crippen LogP contribution is 2.15. The smallest absolute Gasteiger partial charge is 0.434 e. The number of unbranched alkanes of at least 4 members (excludes halogenated alkanes) is 1. The van der Waals surface area contributed by atoms with Crippen molar-refractivity contribution in [1.29, 1.82) is 5.41 Å². The van der Waals surface area contributed by atoms with E-state index in [-0.39, 0.29) is 24.7 Å². The number of benzene rings is 1. The number of sulfonamides is 1. The summed E-state index contributed by atoms with van der Waals surface area (Å²) < 4.78 is 37.7. The molecule has 2 rings (SSSR count). The Hall–Kier alpha value is -3.43. The predicted molar refractivity (Wildman–Crippen MR) is 146 cm³/mol. The van der Waals surface area contributed by atoms with Crippen molar-refractivity contribution in [2.24, 2.45) is 5.73 Å². The highest BCUT2D eigenvalue weighted by atomic mass is 32.2. The van der Waals surface area contributed by atoms with Crippen molar-refractivity contribution in [2.45, 2.75) is 70.3 Å². The first-order valence-electron chi connectivity index (χ1n) is 13.2. The lowest BCUT2D eigenvalue weighted by Crippen LogP contribution is -2.61. The minimum absolute atomic E-state index is 0.111. The van der Waals surface area contributed by atoms with Crippen LogP contribution in [0.2, 0.25) is 0 Å². The van der Waals surface area contributed by atoms with Gasteiger partial charge >= 0.3 is 6.16 Å². The summed E-state index contributed by atoms with van der Waals surface area (Å²) in [6.45, 7) is 3.10. The van der Waals surface area contributed by atoms with E-state index in [1.54, 1.807) is 30.3 Å². The SMILES string of the molecule is CCCCOC(=O)OC[C@@H](NS(=O)(=O)CCc1ccccc1)C(=O)N[C@@H](C)C(=O)N[C@H]1CCCN(C(=N)N)C1O. The van der Waals surface area contributed by atoms with Crippen LogP contribution >= 0.6 is 0 Å². The van der Waals surface area contributed by atoms with Gasteiger partial charge in [-0.1, -0.05) is 43.7 Å². The molecule has 0 aromatic heterocycles. The van der Waals surface area contributed by atoms with Gasteiger partial charge in [0.05, 0.1) is 18.4 Å². The zero-order valence-corrected chi connectivity index (χ0v) is 23.6. The molecule has 0 bridgehead atoms.